The molecule has 19 heavy (non-hydrogen) atoms. The molecule has 1 aliphatic carbocycles. The van der Waals surface area contributed by atoms with Gasteiger partial charge in [0.15, 0.2) is 5.78 Å². The van der Waals surface area contributed by atoms with Gasteiger partial charge >= 0.3 is 0 Å². The van der Waals surface area contributed by atoms with Crippen LogP contribution in [0.5, 0.6) is 0 Å². The van der Waals surface area contributed by atoms with E-state index < -0.39 is 0 Å². The van der Waals surface area contributed by atoms with Crippen molar-refractivity contribution >= 4 is 5.78 Å². The number of aryl methyl sites for hydroxylation is 1. The van der Waals surface area contributed by atoms with E-state index in [0.717, 1.165) is 18.0 Å². The maximum atomic E-state index is 12.3. The van der Waals surface area contributed by atoms with Crippen LogP contribution < -0.4 is 0 Å². The third-order valence-electron chi connectivity index (χ3n) is 4.86. The summed E-state index contributed by atoms with van der Waals surface area (Å²) >= 11 is 0. The maximum Gasteiger partial charge on any atom is 0.178 e. The third-order valence-corrected chi connectivity index (χ3v) is 4.86. The quantitative estimate of drug-likeness (QED) is 0.781. The zero-order valence-corrected chi connectivity index (χ0v) is 11.8. The topological polar surface area (TPSA) is 25.2 Å². The molecule has 0 aromatic carbocycles. The molecular weight excluding hydrogens is 236 g/mol. The maximum absolute atomic E-state index is 12.3. The largest absolute Gasteiger partial charge is 0.357 e. The van der Waals surface area contributed by atoms with E-state index in [1.54, 1.807) is 0 Å². The molecule has 0 bridgehead atoms. The average Bonchev–Trinajstić information content (AvgIpc) is 2.86. The summed E-state index contributed by atoms with van der Waals surface area (Å²) < 4.78 is 1.95. The monoisotopic (exact) mass is 260 g/mol. The highest BCUT2D eigenvalue weighted by atomic mass is 16.1. The van der Waals surface area contributed by atoms with Crippen molar-refractivity contribution in [3.05, 3.63) is 24.0 Å². The minimum absolute atomic E-state index is 0.284. The zero-order valence-electron chi connectivity index (χ0n) is 11.8. The fraction of sp³-hybridized carbons (Fsp3) is 0.688. The Balaban J connectivity index is 1.66. The molecule has 0 amide bonds. The molecular formula is C16H24N2O. The molecule has 2 unspecified atom stereocenters. The lowest BCUT2D eigenvalue weighted by atomic mass is 9.78. The van der Waals surface area contributed by atoms with Gasteiger partial charge in [0.05, 0.1) is 6.54 Å². The van der Waals surface area contributed by atoms with Gasteiger partial charge in [-0.3, -0.25) is 9.69 Å². The molecule has 2 heterocycles. The lowest BCUT2D eigenvalue weighted by Crippen LogP contribution is -2.48. The van der Waals surface area contributed by atoms with Crippen LogP contribution in [-0.2, 0) is 7.05 Å². The van der Waals surface area contributed by atoms with Gasteiger partial charge in [-0.1, -0.05) is 12.8 Å². The number of carbonyl (C=O) groups excluding carboxylic acids is 1. The van der Waals surface area contributed by atoms with Gasteiger partial charge in [-0.25, -0.2) is 0 Å². The van der Waals surface area contributed by atoms with E-state index in [9.17, 15) is 4.79 Å². The van der Waals surface area contributed by atoms with Crippen molar-refractivity contribution in [2.75, 3.05) is 13.1 Å². The summed E-state index contributed by atoms with van der Waals surface area (Å²) in [4.78, 5) is 14.8. The molecule has 2 fully saturated rings. The molecule has 2 atom stereocenters. The van der Waals surface area contributed by atoms with Crippen LogP contribution in [0.3, 0.4) is 0 Å². The number of carbonyl (C=O) groups is 1. The van der Waals surface area contributed by atoms with E-state index in [4.69, 9.17) is 0 Å². The van der Waals surface area contributed by atoms with Gasteiger partial charge in [-0.05, 0) is 44.2 Å². The van der Waals surface area contributed by atoms with E-state index in [-0.39, 0.29) is 5.78 Å². The van der Waals surface area contributed by atoms with Crippen LogP contribution in [0.25, 0.3) is 0 Å². The van der Waals surface area contributed by atoms with Crippen LogP contribution in [0.2, 0.25) is 0 Å². The van der Waals surface area contributed by atoms with Crippen molar-refractivity contribution in [1.82, 2.24) is 9.47 Å². The Kier molecular flexibility index (Phi) is 3.74. The lowest BCUT2D eigenvalue weighted by Gasteiger charge is -2.43. The predicted octanol–water partition coefficient (Wildman–Crippen LogP) is 2.86. The lowest BCUT2D eigenvalue weighted by molar-refractivity contribution is 0.0539. The first-order valence-electron chi connectivity index (χ1n) is 7.63. The first-order valence-corrected chi connectivity index (χ1v) is 7.63. The molecule has 0 radical (unpaired) electrons. The predicted molar refractivity (Wildman–Crippen MR) is 76.3 cm³/mol. The summed E-state index contributed by atoms with van der Waals surface area (Å²) in [5, 5.41) is 0. The molecule has 3 nitrogen and oxygen atoms in total. The number of nitrogens with zero attached hydrogens (tertiary/aromatic N) is 2. The molecule has 0 N–H and O–H groups in total. The fourth-order valence-electron chi connectivity index (χ4n) is 3.87. The number of Topliss-reactive ketones (excluding diaryl/α,β-unsaturated/α-hetero) is 1. The van der Waals surface area contributed by atoms with Crippen LogP contribution in [0.4, 0.5) is 0 Å². The van der Waals surface area contributed by atoms with E-state index in [1.807, 2.05) is 30.1 Å². The third kappa shape index (κ3) is 2.76. The molecule has 1 saturated heterocycles. The average molecular weight is 260 g/mol. The Morgan fingerprint density at radius 3 is 2.84 bits per heavy atom. The second-order valence-electron chi connectivity index (χ2n) is 6.21. The van der Waals surface area contributed by atoms with Gasteiger partial charge in [-0.2, -0.15) is 0 Å². The number of ketones is 1. The fourth-order valence-corrected chi connectivity index (χ4v) is 3.87. The van der Waals surface area contributed by atoms with Crippen LogP contribution in [0.15, 0.2) is 18.5 Å². The first kappa shape index (κ1) is 12.9. The van der Waals surface area contributed by atoms with Crippen LogP contribution in [0.1, 0.15) is 48.9 Å². The van der Waals surface area contributed by atoms with Gasteiger partial charge in [0, 0.05) is 31.0 Å². The molecule has 1 aromatic rings. The molecule has 1 aliphatic heterocycles. The highest BCUT2D eigenvalue weighted by Crippen LogP contribution is 2.35. The normalized spacial score (nSPS) is 28.1. The smallest absolute Gasteiger partial charge is 0.178 e. The molecule has 0 spiro atoms. The second-order valence-corrected chi connectivity index (χ2v) is 6.21. The molecule has 1 saturated carbocycles. The highest BCUT2D eigenvalue weighted by molar-refractivity contribution is 5.97. The zero-order chi connectivity index (χ0) is 13.2. The van der Waals surface area contributed by atoms with E-state index in [1.165, 1.54) is 38.5 Å². The van der Waals surface area contributed by atoms with Gasteiger partial charge in [0.2, 0.25) is 0 Å². The number of fused-ring (bicyclic) bond motifs is 1. The number of piperidine rings is 1. The van der Waals surface area contributed by atoms with Crippen molar-refractivity contribution in [3.8, 4) is 0 Å². The second kappa shape index (κ2) is 5.49. The molecule has 3 rings (SSSR count). The molecule has 3 heteroatoms. The Hall–Kier alpha value is -1.09. The van der Waals surface area contributed by atoms with Gasteiger partial charge in [-0.15, -0.1) is 0 Å². The summed E-state index contributed by atoms with van der Waals surface area (Å²) in [6.07, 6.45) is 11.9. The van der Waals surface area contributed by atoms with Crippen molar-refractivity contribution in [1.29, 1.82) is 0 Å². The highest BCUT2D eigenvalue weighted by Gasteiger charge is 2.33. The van der Waals surface area contributed by atoms with Crippen molar-refractivity contribution in [3.63, 3.8) is 0 Å². The van der Waals surface area contributed by atoms with Gasteiger partial charge < -0.3 is 4.57 Å². The van der Waals surface area contributed by atoms with Crippen molar-refractivity contribution < 1.29 is 4.79 Å². The number of likely N-dealkylation sites (tertiary alicyclic amines) is 1. The van der Waals surface area contributed by atoms with Gasteiger partial charge in [0.25, 0.3) is 0 Å². The SMILES string of the molecule is Cn1ccc(C(=O)CN2CCCC3CCCCC32)c1. The first-order chi connectivity index (χ1) is 9.24. The summed E-state index contributed by atoms with van der Waals surface area (Å²) in [5.41, 5.74) is 0.862. The van der Waals surface area contributed by atoms with E-state index >= 15 is 0 Å². The molecule has 2 aliphatic rings. The Bertz CT molecular complexity index is 449. The Morgan fingerprint density at radius 2 is 2.05 bits per heavy atom. The van der Waals surface area contributed by atoms with Gasteiger partial charge in [0.1, 0.15) is 0 Å². The number of hydrogen-bond acceptors (Lipinski definition) is 2. The van der Waals surface area contributed by atoms with E-state index in [2.05, 4.69) is 4.90 Å². The Morgan fingerprint density at radius 1 is 1.26 bits per heavy atom. The number of rotatable bonds is 3. The van der Waals surface area contributed by atoms with Crippen LogP contribution >= 0.6 is 0 Å². The summed E-state index contributed by atoms with van der Waals surface area (Å²) in [5.74, 6) is 1.14. The number of aromatic nitrogens is 1. The summed E-state index contributed by atoms with van der Waals surface area (Å²) in [7, 11) is 1.97. The molecule has 1 aromatic heterocycles. The molecule has 104 valence electrons. The van der Waals surface area contributed by atoms with E-state index in [0.29, 0.717) is 12.6 Å². The van der Waals surface area contributed by atoms with Crippen molar-refractivity contribution in [2.45, 2.75) is 44.6 Å². The summed E-state index contributed by atoms with van der Waals surface area (Å²) in [6.45, 7) is 1.73. The standard InChI is InChI=1S/C16H24N2O/c1-17-10-8-14(11-17)16(19)12-18-9-4-6-13-5-2-3-7-15(13)18/h8,10-11,13,15H,2-7,9,12H2,1H3. The van der Waals surface area contributed by atoms with Crippen LogP contribution in [0, 0.1) is 5.92 Å². The van der Waals surface area contributed by atoms with Crippen molar-refractivity contribution in [2.24, 2.45) is 13.0 Å². The van der Waals surface area contributed by atoms with Crippen LogP contribution in [-0.4, -0.2) is 34.4 Å². The Labute approximate surface area is 115 Å². The minimum Gasteiger partial charge on any atom is -0.357 e. The summed E-state index contributed by atoms with van der Waals surface area (Å²) in [6, 6.07) is 2.61. The number of hydrogen-bond donors (Lipinski definition) is 0. The minimum atomic E-state index is 0.284.